The summed E-state index contributed by atoms with van der Waals surface area (Å²) in [5, 5.41) is 12.7. The van der Waals surface area contributed by atoms with Gasteiger partial charge in [0.15, 0.2) is 5.69 Å². The van der Waals surface area contributed by atoms with Crippen molar-refractivity contribution in [3.63, 3.8) is 0 Å². The lowest BCUT2D eigenvalue weighted by molar-refractivity contribution is -0.162. The number of carboxylic acids is 1. The van der Waals surface area contributed by atoms with E-state index >= 15 is 0 Å². The molecule has 1 aliphatic carbocycles. The van der Waals surface area contributed by atoms with E-state index in [1.54, 1.807) is 0 Å². The van der Waals surface area contributed by atoms with Crippen LogP contribution in [0.15, 0.2) is 18.3 Å². The number of aromatic carboxylic acids is 1. The van der Waals surface area contributed by atoms with Crippen molar-refractivity contribution >= 4 is 17.7 Å². The van der Waals surface area contributed by atoms with Crippen LogP contribution in [0.25, 0.3) is 0 Å². The molecule has 9 heteroatoms. The summed E-state index contributed by atoms with van der Waals surface area (Å²) >= 11 is 0. The van der Waals surface area contributed by atoms with Gasteiger partial charge in [-0.05, 0) is 25.0 Å². The van der Waals surface area contributed by atoms with Crippen molar-refractivity contribution in [1.29, 1.82) is 0 Å². The summed E-state index contributed by atoms with van der Waals surface area (Å²) in [6.07, 6.45) is -3.72. The molecule has 0 spiro atoms. The van der Waals surface area contributed by atoms with Crippen molar-refractivity contribution in [1.82, 2.24) is 10.3 Å². The van der Waals surface area contributed by atoms with Crippen LogP contribution in [-0.4, -0.2) is 33.8 Å². The van der Waals surface area contributed by atoms with Crippen LogP contribution < -0.4 is 10.6 Å². The maximum absolute atomic E-state index is 12.7. The highest BCUT2D eigenvalue weighted by Gasteiger charge is 2.64. The van der Waals surface area contributed by atoms with E-state index in [-0.39, 0.29) is 18.5 Å². The average molecular weight is 289 g/mol. The number of carbonyl (C=O) groups excluding carboxylic acids is 1. The van der Waals surface area contributed by atoms with E-state index in [1.165, 1.54) is 18.3 Å². The molecule has 0 aromatic carbocycles. The van der Waals surface area contributed by atoms with Gasteiger partial charge in [0.25, 0.3) is 0 Å². The number of alkyl halides is 3. The molecule has 1 aromatic heterocycles. The summed E-state index contributed by atoms with van der Waals surface area (Å²) < 4.78 is 38.0. The number of rotatable bonds is 3. The molecule has 20 heavy (non-hydrogen) atoms. The fraction of sp³-hybridized carbons (Fsp3) is 0.364. The predicted octanol–water partition coefficient (Wildman–Crippen LogP) is 2.00. The SMILES string of the molecule is O=C(Nc1cccnc1C(=O)O)NC1(C(F)(F)F)CC1. The number of halogens is 3. The van der Waals surface area contributed by atoms with E-state index in [1.807, 2.05) is 5.32 Å². The Labute approximate surface area is 111 Å². The quantitative estimate of drug-likeness (QED) is 0.793. The first-order chi connectivity index (χ1) is 9.25. The summed E-state index contributed by atoms with van der Waals surface area (Å²) in [7, 11) is 0. The molecule has 108 valence electrons. The van der Waals surface area contributed by atoms with Gasteiger partial charge in [0.1, 0.15) is 5.54 Å². The minimum atomic E-state index is -4.53. The standard InChI is InChI=1S/C11H10F3N3O3/c12-11(13,14)10(3-4-10)17-9(20)16-6-2-1-5-15-7(6)8(18)19/h1-2,5H,3-4H2,(H,18,19)(H2,16,17,20). The largest absolute Gasteiger partial charge is 0.476 e. The van der Waals surface area contributed by atoms with Crippen molar-refractivity contribution < 1.29 is 27.9 Å². The van der Waals surface area contributed by atoms with Gasteiger partial charge >= 0.3 is 18.2 Å². The van der Waals surface area contributed by atoms with E-state index in [9.17, 15) is 22.8 Å². The molecular weight excluding hydrogens is 279 g/mol. The Morgan fingerprint density at radius 2 is 2.00 bits per heavy atom. The average Bonchev–Trinajstić information content (AvgIpc) is 3.09. The number of hydrogen-bond donors (Lipinski definition) is 3. The first-order valence-corrected chi connectivity index (χ1v) is 5.59. The zero-order chi connectivity index (χ0) is 15.0. The molecule has 2 rings (SSSR count). The minimum Gasteiger partial charge on any atom is -0.476 e. The molecule has 1 saturated carbocycles. The van der Waals surface area contributed by atoms with Crippen LogP contribution in [0, 0.1) is 0 Å². The lowest BCUT2D eigenvalue weighted by Gasteiger charge is -2.21. The number of nitrogens with one attached hydrogen (secondary N) is 2. The molecule has 0 unspecified atom stereocenters. The van der Waals surface area contributed by atoms with E-state index in [0.29, 0.717) is 0 Å². The van der Waals surface area contributed by atoms with Crippen molar-refractivity contribution in [2.45, 2.75) is 24.6 Å². The fourth-order valence-corrected chi connectivity index (χ4v) is 1.65. The number of carbonyl (C=O) groups is 2. The number of carboxylic acid groups (broad SMARTS) is 1. The highest BCUT2D eigenvalue weighted by Crippen LogP contribution is 2.48. The van der Waals surface area contributed by atoms with Crippen LogP contribution >= 0.6 is 0 Å². The molecular formula is C11H10F3N3O3. The third-order valence-electron chi connectivity index (χ3n) is 2.90. The van der Waals surface area contributed by atoms with Gasteiger partial charge in [-0.3, -0.25) is 0 Å². The summed E-state index contributed by atoms with van der Waals surface area (Å²) in [6, 6.07) is 1.48. The molecule has 0 bridgehead atoms. The Balaban J connectivity index is 2.08. The number of nitrogens with zero attached hydrogens (tertiary/aromatic N) is 1. The molecule has 0 saturated heterocycles. The van der Waals surface area contributed by atoms with E-state index in [0.717, 1.165) is 0 Å². The third-order valence-corrected chi connectivity index (χ3v) is 2.90. The van der Waals surface area contributed by atoms with Gasteiger partial charge in [-0.2, -0.15) is 13.2 Å². The van der Waals surface area contributed by atoms with Crippen molar-refractivity contribution in [2.75, 3.05) is 5.32 Å². The first kappa shape index (κ1) is 14.1. The normalized spacial score (nSPS) is 16.4. The maximum atomic E-state index is 12.7. The summed E-state index contributed by atoms with van der Waals surface area (Å²) in [4.78, 5) is 25.9. The van der Waals surface area contributed by atoms with Crippen molar-refractivity contribution in [3.8, 4) is 0 Å². The van der Waals surface area contributed by atoms with E-state index in [4.69, 9.17) is 5.11 Å². The second-order valence-corrected chi connectivity index (χ2v) is 4.36. The third kappa shape index (κ3) is 2.65. The summed E-state index contributed by atoms with van der Waals surface area (Å²) in [5.74, 6) is -1.39. The Hall–Kier alpha value is -2.32. The zero-order valence-electron chi connectivity index (χ0n) is 9.99. The van der Waals surface area contributed by atoms with Gasteiger partial charge in [-0.15, -0.1) is 0 Å². The Morgan fingerprint density at radius 1 is 1.35 bits per heavy atom. The first-order valence-electron chi connectivity index (χ1n) is 5.59. The smallest absolute Gasteiger partial charge is 0.411 e. The molecule has 1 aromatic rings. The number of amides is 2. The van der Waals surface area contributed by atoms with Crippen molar-refractivity contribution in [2.24, 2.45) is 0 Å². The number of anilines is 1. The van der Waals surface area contributed by atoms with Gasteiger partial charge in [0.2, 0.25) is 0 Å². The van der Waals surface area contributed by atoms with Gasteiger partial charge in [-0.25, -0.2) is 14.6 Å². The highest BCUT2D eigenvalue weighted by molar-refractivity contribution is 5.98. The van der Waals surface area contributed by atoms with Crippen LogP contribution in [0.2, 0.25) is 0 Å². The molecule has 0 radical (unpaired) electrons. The lowest BCUT2D eigenvalue weighted by atomic mass is 10.2. The second-order valence-electron chi connectivity index (χ2n) is 4.36. The Morgan fingerprint density at radius 3 is 2.50 bits per heavy atom. The highest BCUT2D eigenvalue weighted by atomic mass is 19.4. The number of hydrogen-bond acceptors (Lipinski definition) is 3. The van der Waals surface area contributed by atoms with Gasteiger partial charge in [0, 0.05) is 6.20 Å². The van der Waals surface area contributed by atoms with Gasteiger partial charge < -0.3 is 15.7 Å². The summed E-state index contributed by atoms with van der Waals surface area (Å²) in [6.45, 7) is 0. The second kappa shape index (κ2) is 4.66. The number of pyridine rings is 1. The Bertz CT molecular complexity index is 555. The lowest BCUT2D eigenvalue weighted by Crippen LogP contribution is -2.49. The monoisotopic (exact) mass is 289 g/mol. The molecule has 3 N–H and O–H groups in total. The molecule has 1 aliphatic rings. The predicted molar refractivity (Wildman–Crippen MR) is 61.4 cm³/mol. The fourth-order valence-electron chi connectivity index (χ4n) is 1.65. The zero-order valence-corrected chi connectivity index (χ0v) is 9.99. The van der Waals surface area contributed by atoms with E-state index in [2.05, 4.69) is 10.3 Å². The molecule has 0 atom stereocenters. The molecule has 1 fully saturated rings. The topological polar surface area (TPSA) is 91.3 Å². The van der Waals surface area contributed by atoms with Crippen LogP contribution in [-0.2, 0) is 0 Å². The molecule has 6 nitrogen and oxygen atoms in total. The van der Waals surface area contributed by atoms with Gasteiger partial charge in [0.05, 0.1) is 5.69 Å². The van der Waals surface area contributed by atoms with Crippen LogP contribution in [0.1, 0.15) is 23.3 Å². The van der Waals surface area contributed by atoms with Gasteiger partial charge in [-0.1, -0.05) is 0 Å². The number of urea groups is 1. The van der Waals surface area contributed by atoms with Crippen LogP contribution in [0.5, 0.6) is 0 Å². The van der Waals surface area contributed by atoms with Crippen LogP contribution in [0.4, 0.5) is 23.7 Å². The maximum Gasteiger partial charge on any atom is 0.411 e. The molecule has 1 heterocycles. The Kier molecular flexibility index (Phi) is 3.28. The molecule has 0 aliphatic heterocycles. The number of aromatic nitrogens is 1. The molecule has 2 amide bonds. The van der Waals surface area contributed by atoms with Crippen molar-refractivity contribution in [3.05, 3.63) is 24.0 Å². The minimum absolute atomic E-state index is 0.171. The van der Waals surface area contributed by atoms with Crippen LogP contribution in [0.3, 0.4) is 0 Å². The van der Waals surface area contributed by atoms with E-state index < -0.39 is 29.4 Å². The summed E-state index contributed by atoms with van der Waals surface area (Å²) in [5.41, 5.74) is -2.82.